The first-order chi connectivity index (χ1) is 10.1. The van der Waals surface area contributed by atoms with E-state index in [0.29, 0.717) is 31.7 Å². The van der Waals surface area contributed by atoms with Crippen LogP contribution >= 0.6 is 34.7 Å². The van der Waals surface area contributed by atoms with Crippen molar-refractivity contribution >= 4 is 61.5 Å². The summed E-state index contributed by atoms with van der Waals surface area (Å²) < 4.78 is 0.611. The number of nitrogens with zero attached hydrogens (tertiary/aromatic N) is 2. The molecule has 3 rings (SSSR count). The Morgan fingerprint density at radius 3 is 2.95 bits per heavy atom. The molecule has 0 bridgehead atoms. The molecule has 0 spiro atoms. The summed E-state index contributed by atoms with van der Waals surface area (Å²) in [5.74, 6) is 0.513. The molecule has 1 N–H and O–H groups in total. The molecule has 21 heavy (non-hydrogen) atoms. The molecule has 6 nitrogen and oxygen atoms in total. The van der Waals surface area contributed by atoms with Crippen molar-refractivity contribution in [3.63, 3.8) is 0 Å². The van der Waals surface area contributed by atoms with E-state index in [0.717, 1.165) is 17.1 Å². The van der Waals surface area contributed by atoms with Gasteiger partial charge < -0.3 is 5.32 Å². The largest absolute Gasteiger partial charge is 0.301 e. The number of nitro groups is 1. The summed E-state index contributed by atoms with van der Waals surface area (Å²) in [7, 11) is 0. The predicted molar refractivity (Wildman–Crippen MR) is 85.7 cm³/mol. The number of amidine groups is 1. The summed E-state index contributed by atoms with van der Waals surface area (Å²) in [6.07, 6.45) is 0. The molecule has 0 radical (unpaired) electrons. The summed E-state index contributed by atoms with van der Waals surface area (Å²) in [6.45, 7) is 0.687. The third-order valence-corrected chi connectivity index (χ3v) is 5.38. The van der Waals surface area contributed by atoms with Gasteiger partial charge in [0.05, 0.1) is 16.5 Å². The summed E-state index contributed by atoms with van der Waals surface area (Å²) >= 11 is 8.81. The van der Waals surface area contributed by atoms with Gasteiger partial charge >= 0.3 is 0 Å². The number of carbonyl (C=O) groups is 1. The molecule has 0 saturated heterocycles. The molecule has 1 amide bonds. The number of carbonyl (C=O) groups excluding carboxylic acids is 1. The number of aliphatic imine (C=N–C) groups is 1. The predicted octanol–water partition coefficient (Wildman–Crippen LogP) is 3.30. The quantitative estimate of drug-likeness (QED) is 0.671. The van der Waals surface area contributed by atoms with Gasteiger partial charge in [-0.15, -0.1) is 11.3 Å². The Morgan fingerprint density at radius 2 is 2.29 bits per heavy atom. The SMILES string of the molecule is O=C(NC1=NCCS1)c1sc2cc([N+](=O)[O-])ccc2c1Cl. The van der Waals surface area contributed by atoms with Gasteiger partial charge in [0.2, 0.25) is 0 Å². The number of benzene rings is 1. The molecule has 2 heterocycles. The van der Waals surface area contributed by atoms with Crippen molar-refractivity contribution in [2.45, 2.75) is 0 Å². The molecule has 0 unspecified atom stereocenters. The van der Waals surface area contributed by atoms with Gasteiger partial charge in [-0.25, -0.2) is 0 Å². The van der Waals surface area contributed by atoms with Crippen LogP contribution in [0.15, 0.2) is 23.2 Å². The lowest BCUT2D eigenvalue weighted by molar-refractivity contribution is -0.384. The second-order valence-corrected chi connectivity index (χ2v) is 6.69. The zero-order valence-electron chi connectivity index (χ0n) is 10.5. The molecule has 0 saturated carbocycles. The second-order valence-electron chi connectivity index (χ2n) is 4.17. The molecule has 1 aliphatic heterocycles. The molecule has 1 aromatic heterocycles. The second kappa shape index (κ2) is 5.63. The van der Waals surface area contributed by atoms with Crippen molar-refractivity contribution < 1.29 is 9.72 Å². The molecule has 1 aromatic carbocycles. The van der Waals surface area contributed by atoms with E-state index in [9.17, 15) is 14.9 Å². The maximum Gasteiger partial charge on any atom is 0.270 e. The first-order valence-corrected chi connectivity index (χ1v) is 8.09. The van der Waals surface area contributed by atoms with E-state index in [1.54, 1.807) is 6.07 Å². The van der Waals surface area contributed by atoms with Crippen molar-refractivity contribution in [2.24, 2.45) is 4.99 Å². The fourth-order valence-electron chi connectivity index (χ4n) is 1.88. The molecule has 108 valence electrons. The fourth-order valence-corrected chi connectivity index (χ4v) is 4.05. The molecule has 2 aromatic rings. The maximum atomic E-state index is 12.2. The van der Waals surface area contributed by atoms with Crippen LogP contribution in [-0.2, 0) is 0 Å². The van der Waals surface area contributed by atoms with Crippen LogP contribution in [0.25, 0.3) is 10.1 Å². The number of non-ortho nitro benzene ring substituents is 1. The van der Waals surface area contributed by atoms with Gasteiger partial charge in [0.25, 0.3) is 11.6 Å². The van der Waals surface area contributed by atoms with Crippen LogP contribution in [0, 0.1) is 10.1 Å². The van der Waals surface area contributed by atoms with E-state index >= 15 is 0 Å². The average molecular weight is 342 g/mol. The Morgan fingerprint density at radius 1 is 1.48 bits per heavy atom. The van der Waals surface area contributed by atoms with Crippen LogP contribution in [-0.4, -0.2) is 28.3 Å². The minimum Gasteiger partial charge on any atom is -0.301 e. The zero-order chi connectivity index (χ0) is 15.0. The van der Waals surface area contributed by atoms with Crippen molar-refractivity contribution in [2.75, 3.05) is 12.3 Å². The van der Waals surface area contributed by atoms with Crippen molar-refractivity contribution in [1.82, 2.24) is 5.32 Å². The minimum atomic E-state index is -0.475. The number of hydrogen-bond donors (Lipinski definition) is 1. The highest BCUT2D eigenvalue weighted by atomic mass is 35.5. The highest BCUT2D eigenvalue weighted by Crippen LogP contribution is 2.37. The third-order valence-electron chi connectivity index (χ3n) is 2.84. The number of fused-ring (bicyclic) bond motifs is 1. The van der Waals surface area contributed by atoms with E-state index in [4.69, 9.17) is 11.6 Å². The smallest absolute Gasteiger partial charge is 0.270 e. The lowest BCUT2D eigenvalue weighted by Gasteiger charge is -2.01. The van der Waals surface area contributed by atoms with Crippen LogP contribution in [0.5, 0.6) is 0 Å². The van der Waals surface area contributed by atoms with Crippen LogP contribution in [0.2, 0.25) is 5.02 Å². The van der Waals surface area contributed by atoms with Gasteiger partial charge in [-0.2, -0.15) is 0 Å². The number of thioether (sulfide) groups is 1. The third kappa shape index (κ3) is 2.74. The Hall–Kier alpha value is -1.64. The highest BCUT2D eigenvalue weighted by molar-refractivity contribution is 8.14. The summed E-state index contributed by atoms with van der Waals surface area (Å²) in [6, 6.07) is 4.36. The fraction of sp³-hybridized carbons (Fsp3) is 0.167. The van der Waals surface area contributed by atoms with Gasteiger partial charge in [-0.3, -0.25) is 19.9 Å². The average Bonchev–Trinajstić information content (AvgIpc) is 3.06. The molecule has 1 aliphatic rings. The van der Waals surface area contributed by atoms with Crippen LogP contribution in [0.1, 0.15) is 9.67 Å². The molecule has 9 heteroatoms. The lowest BCUT2D eigenvalue weighted by atomic mass is 10.2. The van der Waals surface area contributed by atoms with E-state index in [1.165, 1.54) is 23.9 Å². The van der Waals surface area contributed by atoms with Crippen LogP contribution in [0.4, 0.5) is 5.69 Å². The summed E-state index contributed by atoms with van der Waals surface area (Å²) in [4.78, 5) is 27.0. The Balaban J connectivity index is 1.96. The van der Waals surface area contributed by atoms with Gasteiger partial charge in [0.1, 0.15) is 4.88 Å². The van der Waals surface area contributed by atoms with Crippen LogP contribution in [0.3, 0.4) is 0 Å². The Labute approximate surface area is 132 Å². The molecule has 0 aliphatic carbocycles. The normalized spacial score (nSPS) is 14.2. The standard InChI is InChI=1S/C12H8ClN3O3S2/c13-9-7-2-1-6(16(18)19)5-8(7)21-10(9)11(17)15-12-14-3-4-20-12/h1-2,5H,3-4H2,(H,14,15,17). The number of thiophene rings is 1. The summed E-state index contributed by atoms with van der Waals surface area (Å²) in [5.41, 5.74) is -0.0249. The van der Waals surface area contributed by atoms with Crippen molar-refractivity contribution in [1.29, 1.82) is 0 Å². The number of rotatable bonds is 2. The maximum absolute atomic E-state index is 12.2. The molecular weight excluding hydrogens is 334 g/mol. The first kappa shape index (κ1) is 14.3. The van der Waals surface area contributed by atoms with Gasteiger partial charge in [0, 0.05) is 28.0 Å². The number of hydrogen-bond acceptors (Lipinski definition) is 6. The Kier molecular flexibility index (Phi) is 3.83. The number of amides is 1. The lowest BCUT2D eigenvalue weighted by Crippen LogP contribution is -2.26. The highest BCUT2D eigenvalue weighted by Gasteiger charge is 2.21. The van der Waals surface area contributed by atoms with E-state index < -0.39 is 4.92 Å². The molecular formula is C12H8ClN3O3S2. The minimum absolute atomic E-state index is 0.0249. The van der Waals surface area contributed by atoms with E-state index in [-0.39, 0.29) is 11.6 Å². The zero-order valence-corrected chi connectivity index (χ0v) is 12.8. The van der Waals surface area contributed by atoms with Crippen LogP contribution < -0.4 is 5.32 Å². The molecule has 0 atom stereocenters. The van der Waals surface area contributed by atoms with E-state index in [2.05, 4.69) is 10.3 Å². The number of nitro benzene ring substituents is 1. The monoisotopic (exact) mass is 341 g/mol. The van der Waals surface area contributed by atoms with E-state index in [1.807, 2.05) is 0 Å². The first-order valence-electron chi connectivity index (χ1n) is 5.91. The number of nitrogens with one attached hydrogen (secondary N) is 1. The van der Waals surface area contributed by atoms with Gasteiger partial charge in [-0.1, -0.05) is 23.4 Å². The van der Waals surface area contributed by atoms with Crippen molar-refractivity contribution in [3.8, 4) is 0 Å². The van der Waals surface area contributed by atoms with Crippen molar-refractivity contribution in [3.05, 3.63) is 38.2 Å². The van der Waals surface area contributed by atoms with Gasteiger partial charge in [-0.05, 0) is 6.07 Å². The molecule has 0 fully saturated rings. The number of halogens is 1. The summed E-state index contributed by atoms with van der Waals surface area (Å²) in [5, 5.41) is 15.0. The topological polar surface area (TPSA) is 84.6 Å². The van der Waals surface area contributed by atoms with Gasteiger partial charge in [0.15, 0.2) is 5.17 Å². The Bertz CT molecular complexity index is 787.